The van der Waals surface area contributed by atoms with Crippen molar-refractivity contribution in [2.45, 2.75) is 29.0 Å². The number of guanidine groups is 1. The lowest BCUT2D eigenvalue weighted by Crippen LogP contribution is -2.42. The quantitative estimate of drug-likeness (QED) is 0.398. The van der Waals surface area contributed by atoms with Gasteiger partial charge >= 0.3 is 0 Å². The van der Waals surface area contributed by atoms with Crippen molar-refractivity contribution in [1.29, 1.82) is 0 Å². The van der Waals surface area contributed by atoms with Crippen LogP contribution in [0, 0.1) is 0 Å². The van der Waals surface area contributed by atoms with Gasteiger partial charge in [-0.2, -0.15) is 5.10 Å². The fourth-order valence-electron chi connectivity index (χ4n) is 2.57. The minimum absolute atomic E-state index is 0. The lowest BCUT2D eigenvalue weighted by atomic mass is 10.4. The molecule has 0 saturated heterocycles. The van der Waals surface area contributed by atoms with E-state index in [-0.39, 0.29) is 24.0 Å². The van der Waals surface area contributed by atoms with Gasteiger partial charge in [-0.25, -0.2) is 4.98 Å². The topological polar surface area (TPSA) is 58.3 Å². The van der Waals surface area contributed by atoms with E-state index in [1.165, 1.54) is 17.7 Å². The molecule has 0 unspecified atom stereocenters. The molecule has 2 aromatic rings. The summed E-state index contributed by atoms with van der Waals surface area (Å²) in [6, 6.07) is 10.6. The van der Waals surface area contributed by atoms with E-state index in [2.05, 4.69) is 55.6 Å². The number of halogens is 1. The molecule has 1 aromatic carbocycles. The fraction of sp³-hybridized carbons (Fsp3) is 0.471. The van der Waals surface area contributed by atoms with Gasteiger partial charge in [-0.3, -0.25) is 9.67 Å². The second-order valence-electron chi connectivity index (χ2n) is 6.15. The van der Waals surface area contributed by atoms with E-state index in [1.54, 1.807) is 11.0 Å². The predicted molar refractivity (Wildman–Crippen MR) is 114 cm³/mol. The third kappa shape index (κ3) is 5.34. The van der Waals surface area contributed by atoms with Crippen LogP contribution in [0.3, 0.4) is 0 Å². The average Bonchev–Trinajstić information content (AvgIpc) is 3.23. The van der Waals surface area contributed by atoms with Gasteiger partial charge in [0.2, 0.25) is 0 Å². The number of rotatable bonds is 6. The van der Waals surface area contributed by atoms with Crippen molar-refractivity contribution in [3.8, 4) is 0 Å². The van der Waals surface area contributed by atoms with Crippen molar-refractivity contribution in [2.75, 3.05) is 20.6 Å². The molecule has 1 N–H and O–H groups in total. The lowest BCUT2D eigenvalue weighted by Gasteiger charge is -2.24. The van der Waals surface area contributed by atoms with Crippen molar-refractivity contribution < 1.29 is 0 Å². The molecular weight excluding hydrogens is 447 g/mol. The van der Waals surface area contributed by atoms with Crippen LogP contribution in [0.1, 0.15) is 18.7 Å². The molecule has 0 aliphatic heterocycles. The van der Waals surface area contributed by atoms with Crippen LogP contribution in [-0.4, -0.2) is 51.0 Å². The van der Waals surface area contributed by atoms with Gasteiger partial charge < -0.3 is 10.2 Å². The lowest BCUT2D eigenvalue weighted by molar-refractivity contribution is 0.448. The predicted octanol–water partition coefficient (Wildman–Crippen LogP) is 2.77. The van der Waals surface area contributed by atoms with Crippen LogP contribution >= 0.6 is 35.7 Å². The van der Waals surface area contributed by atoms with Crippen LogP contribution in [0.2, 0.25) is 0 Å². The van der Waals surface area contributed by atoms with Gasteiger partial charge in [0.25, 0.3) is 0 Å². The smallest absolute Gasteiger partial charge is 0.193 e. The Kier molecular flexibility index (Phi) is 7.12. The number of benzene rings is 1. The first kappa shape index (κ1) is 20.0. The highest BCUT2D eigenvalue weighted by molar-refractivity contribution is 14.0. The monoisotopic (exact) mass is 472 g/mol. The molecule has 1 fully saturated rings. The van der Waals surface area contributed by atoms with Crippen LogP contribution in [0.15, 0.2) is 46.5 Å². The second kappa shape index (κ2) is 8.88. The number of aliphatic imine (C=N–C) groups is 1. The van der Waals surface area contributed by atoms with Crippen molar-refractivity contribution in [3.05, 3.63) is 42.5 Å². The van der Waals surface area contributed by atoms with Crippen molar-refractivity contribution in [2.24, 2.45) is 12.0 Å². The normalized spacial score (nSPS) is 15.4. The zero-order valence-corrected chi connectivity index (χ0v) is 18.0. The highest BCUT2D eigenvalue weighted by Crippen LogP contribution is 2.51. The number of hydrogen-bond donors (Lipinski definition) is 1. The Hall–Kier alpha value is -1.29. The first-order valence-corrected chi connectivity index (χ1v) is 8.92. The van der Waals surface area contributed by atoms with Crippen molar-refractivity contribution in [1.82, 2.24) is 25.0 Å². The van der Waals surface area contributed by atoms with Gasteiger partial charge in [0.15, 0.2) is 5.96 Å². The Morgan fingerprint density at radius 1 is 1.36 bits per heavy atom. The van der Waals surface area contributed by atoms with Crippen LogP contribution in [0.25, 0.3) is 0 Å². The summed E-state index contributed by atoms with van der Waals surface area (Å²) in [4.78, 5) is 12.1. The summed E-state index contributed by atoms with van der Waals surface area (Å²) in [7, 11) is 5.75. The van der Waals surface area contributed by atoms with Crippen molar-refractivity contribution in [3.63, 3.8) is 0 Å². The standard InChI is InChI=1S/C17H24N6S.HI/c1-18-16(22(2)11-15-20-13-21-23(15)3)19-12-17(9-10-17)24-14-7-5-4-6-8-14;/h4-8,13H,9-12H2,1-3H3,(H,18,19);1H. The van der Waals surface area contributed by atoms with Crippen LogP contribution in [-0.2, 0) is 13.6 Å². The summed E-state index contributed by atoms with van der Waals surface area (Å²) in [5, 5.41) is 7.63. The molecule has 1 saturated carbocycles. The molecule has 1 aliphatic carbocycles. The van der Waals surface area contributed by atoms with Gasteiger partial charge in [0.05, 0.1) is 6.54 Å². The van der Waals surface area contributed by atoms with Crippen molar-refractivity contribution >= 4 is 41.7 Å². The maximum absolute atomic E-state index is 4.40. The summed E-state index contributed by atoms with van der Waals surface area (Å²) in [5.41, 5.74) is 0. The van der Waals surface area contributed by atoms with E-state index in [0.29, 0.717) is 11.3 Å². The number of nitrogens with one attached hydrogen (secondary N) is 1. The van der Waals surface area contributed by atoms with E-state index in [1.807, 2.05) is 32.9 Å². The molecule has 0 bridgehead atoms. The molecule has 1 heterocycles. The molecule has 0 amide bonds. The summed E-state index contributed by atoms with van der Waals surface area (Å²) >= 11 is 1.97. The number of thioether (sulfide) groups is 1. The molecule has 1 aromatic heterocycles. The largest absolute Gasteiger partial charge is 0.355 e. The fourth-order valence-corrected chi connectivity index (χ4v) is 3.81. The van der Waals surface area contributed by atoms with E-state index in [9.17, 15) is 0 Å². The summed E-state index contributed by atoms with van der Waals surface area (Å²) < 4.78 is 2.08. The van der Waals surface area contributed by atoms with Gasteiger partial charge in [-0.15, -0.1) is 35.7 Å². The van der Waals surface area contributed by atoms with E-state index in [4.69, 9.17) is 0 Å². The Bertz CT molecular complexity index is 698. The molecule has 0 spiro atoms. The van der Waals surface area contributed by atoms with Gasteiger partial charge in [0.1, 0.15) is 12.2 Å². The SMILES string of the molecule is CN=C(NCC1(Sc2ccccc2)CC1)N(C)Cc1ncnn1C.I. The number of nitrogens with zero attached hydrogens (tertiary/aromatic N) is 5. The zero-order chi connectivity index (χ0) is 17.0. The molecule has 8 heteroatoms. The molecule has 25 heavy (non-hydrogen) atoms. The number of aromatic nitrogens is 3. The number of aryl methyl sites for hydroxylation is 1. The third-order valence-corrected chi connectivity index (χ3v) is 5.70. The molecule has 136 valence electrons. The molecule has 0 radical (unpaired) electrons. The van der Waals surface area contributed by atoms with Gasteiger partial charge in [0, 0.05) is 37.3 Å². The number of hydrogen-bond acceptors (Lipinski definition) is 4. The zero-order valence-electron chi connectivity index (χ0n) is 14.8. The summed E-state index contributed by atoms with van der Waals surface area (Å²) in [6.45, 7) is 1.59. The minimum atomic E-state index is 0. The Morgan fingerprint density at radius 3 is 2.64 bits per heavy atom. The first-order chi connectivity index (χ1) is 11.6. The second-order valence-corrected chi connectivity index (χ2v) is 7.70. The maximum atomic E-state index is 4.40. The molecule has 1 aliphatic rings. The Labute approximate surface area is 170 Å². The molecule has 6 nitrogen and oxygen atoms in total. The summed E-state index contributed by atoms with van der Waals surface area (Å²) in [5.74, 6) is 1.80. The third-order valence-electron chi connectivity index (χ3n) is 4.21. The van der Waals surface area contributed by atoms with Gasteiger partial charge in [-0.05, 0) is 25.0 Å². The molecular formula is C17H25IN6S. The van der Waals surface area contributed by atoms with Crippen LogP contribution in [0.5, 0.6) is 0 Å². The highest BCUT2D eigenvalue weighted by atomic mass is 127. The molecule has 0 atom stereocenters. The molecule has 3 rings (SSSR count). The van der Waals surface area contributed by atoms with E-state index in [0.717, 1.165) is 18.3 Å². The minimum Gasteiger partial charge on any atom is -0.355 e. The van der Waals surface area contributed by atoms with Crippen LogP contribution < -0.4 is 5.32 Å². The van der Waals surface area contributed by atoms with Crippen LogP contribution in [0.4, 0.5) is 0 Å². The Balaban J connectivity index is 0.00000225. The van der Waals surface area contributed by atoms with E-state index >= 15 is 0 Å². The summed E-state index contributed by atoms with van der Waals surface area (Å²) in [6.07, 6.45) is 4.06. The maximum Gasteiger partial charge on any atom is 0.193 e. The average molecular weight is 472 g/mol. The van der Waals surface area contributed by atoms with E-state index < -0.39 is 0 Å². The highest BCUT2D eigenvalue weighted by Gasteiger charge is 2.43. The van der Waals surface area contributed by atoms with Gasteiger partial charge in [-0.1, -0.05) is 18.2 Å². The Morgan fingerprint density at radius 2 is 2.08 bits per heavy atom. The first-order valence-electron chi connectivity index (χ1n) is 8.11.